The summed E-state index contributed by atoms with van der Waals surface area (Å²) in [7, 11) is 0. The SMILES string of the molecule is CC1CNC2c3ccccc3C(C)CC2SC1. The van der Waals surface area contributed by atoms with E-state index in [9.17, 15) is 0 Å². The van der Waals surface area contributed by atoms with Crippen LogP contribution >= 0.6 is 11.8 Å². The van der Waals surface area contributed by atoms with Crippen molar-refractivity contribution in [1.82, 2.24) is 5.32 Å². The Balaban J connectivity index is 1.96. The molecule has 92 valence electrons. The van der Waals surface area contributed by atoms with Crippen molar-refractivity contribution in [3.05, 3.63) is 35.4 Å². The van der Waals surface area contributed by atoms with Gasteiger partial charge in [-0.05, 0) is 41.7 Å². The number of thioether (sulfide) groups is 1. The lowest BCUT2D eigenvalue weighted by molar-refractivity contribution is 0.432. The predicted octanol–water partition coefficient (Wildman–Crippen LogP) is 3.58. The highest BCUT2D eigenvalue weighted by molar-refractivity contribution is 7.99. The van der Waals surface area contributed by atoms with E-state index < -0.39 is 0 Å². The van der Waals surface area contributed by atoms with Crippen LogP contribution in [-0.4, -0.2) is 17.5 Å². The molecular weight excluding hydrogens is 226 g/mol. The van der Waals surface area contributed by atoms with Crippen LogP contribution in [0.5, 0.6) is 0 Å². The fourth-order valence-corrected chi connectivity index (χ4v) is 4.69. The zero-order valence-electron chi connectivity index (χ0n) is 10.6. The van der Waals surface area contributed by atoms with Crippen molar-refractivity contribution in [2.45, 2.75) is 37.5 Å². The summed E-state index contributed by atoms with van der Waals surface area (Å²) in [6.45, 7) is 5.90. The third-order valence-corrected chi connectivity index (χ3v) is 5.75. The first-order valence-electron chi connectivity index (χ1n) is 6.69. The molecule has 1 aliphatic heterocycles. The van der Waals surface area contributed by atoms with Gasteiger partial charge in [-0.15, -0.1) is 0 Å². The highest BCUT2D eigenvalue weighted by Gasteiger charge is 2.34. The van der Waals surface area contributed by atoms with Crippen LogP contribution in [0.4, 0.5) is 0 Å². The van der Waals surface area contributed by atoms with E-state index in [1.165, 1.54) is 12.2 Å². The van der Waals surface area contributed by atoms with Gasteiger partial charge in [0, 0.05) is 11.3 Å². The largest absolute Gasteiger partial charge is 0.309 e. The van der Waals surface area contributed by atoms with E-state index in [4.69, 9.17) is 0 Å². The molecule has 1 N–H and O–H groups in total. The maximum Gasteiger partial charge on any atom is 0.0443 e. The lowest BCUT2D eigenvalue weighted by Gasteiger charge is -2.35. The minimum atomic E-state index is 0.581. The predicted molar refractivity (Wildman–Crippen MR) is 75.6 cm³/mol. The van der Waals surface area contributed by atoms with Crippen LogP contribution in [0.25, 0.3) is 0 Å². The normalized spacial score (nSPS) is 36.8. The molecule has 1 aromatic rings. The Morgan fingerprint density at radius 2 is 1.94 bits per heavy atom. The maximum absolute atomic E-state index is 3.79. The third kappa shape index (κ3) is 2.13. The first kappa shape index (κ1) is 11.6. The molecule has 1 aliphatic carbocycles. The van der Waals surface area contributed by atoms with Crippen LogP contribution < -0.4 is 5.32 Å². The fourth-order valence-electron chi connectivity index (χ4n) is 3.14. The van der Waals surface area contributed by atoms with Crippen LogP contribution in [0, 0.1) is 5.92 Å². The van der Waals surface area contributed by atoms with E-state index in [2.05, 4.69) is 55.2 Å². The van der Waals surface area contributed by atoms with Gasteiger partial charge < -0.3 is 5.32 Å². The van der Waals surface area contributed by atoms with Crippen molar-refractivity contribution >= 4 is 11.8 Å². The van der Waals surface area contributed by atoms with Crippen molar-refractivity contribution in [3.8, 4) is 0 Å². The van der Waals surface area contributed by atoms with E-state index in [0.717, 1.165) is 23.6 Å². The van der Waals surface area contributed by atoms with Gasteiger partial charge >= 0.3 is 0 Å². The van der Waals surface area contributed by atoms with Gasteiger partial charge in [0.2, 0.25) is 0 Å². The van der Waals surface area contributed by atoms with Crippen LogP contribution in [0.2, 0.25) is 0 Å². The monoisotopic (exact) mass is 247 g/mol. The van der Waals surface area contributed by atoms with E-state index in [0.29, 0.717) is 6.04 Å². The van der Waals surface area contributed by atoms with Crippen molar-refractivity contribution in [3.63, 3.8) is 0 Å². The number of rotatable bonds is 0. The molecule has 1 fully saturated rings. The summed E-state index contributed by atoms with van der Waals surface area (Å²) in [5.41, 5.74) is 3.12. The smallest absolute Gasteiger partial charge is 0.0443 e. The molecule has 0 saturated carbocycles. The maximum atomic E-state index is 3.79. The van der Waals surface area contributed by atoms with Crippen molar-refractivity contribution in [1.29, 1.82) is 0 Å². The summed E-state index contributed by atoms with van der Waals surface area (Å²) in [5.74, 6) is 2.83. The van der Waals surface area contributed by atoms with E-state index in [1.54, 1.807) is 11.1 Å². The lowest BCUT2D eigenvalue weighted by atomic mass is 9.80. The number of nitrogens with one attached hydrogen (secondary N) is 1. The van der Waals surface area contributed by atoms with E-state index in [1.807, 2.05) is 0 Å². The molecule has 0 aromatic heterocycles. The van der Waals surface area contributed by atoms with E-state index in [-0.39, 0.29) is 0 Å². The topological polar surface area (TPSA) is 12.0 Å². The highest BCUT2D eigenvalue weighted by Crippen LogP contribution is 2.44. The molecule has 0 amide bonds. The second-order valence-corrected chi connectivity index (χ2v) is 6.90. The molecule has 3 rings (SSSR count). The van der Waals surface area contributed by atoms with Crippen LogP contribution in [-0.2, 0) is 0 Å². The highest BCUT2D eigenvalue weighted by atomic mass is 32.2. The average Bonchev–Trinajstić information content (AvgIpc) is 2.53. The van der Waals surface area contributed by atoms with Gasteiger partial charge in [-0.25, -0.2) is 0 Å². The Morgan fingerprint density at radius 1 is 1.18 bits per heavy atom. The molecule has 1 heterocycles. The Kier molecular flexibility index (Phi) is 3.18. The Hall–Kier alpha value is -0.470. The molecule has 1 saturated heterocycles. The summed E-state index contributed by atoms with van der Waals surface area (Å²) < 4.78 is 0. The Labute approximate surface area is 108 Å². The number of hydrogen-bond acceptors (Lipinski definition) is 2. The minimum absolute atomic E-state index is 0.581. The van der Waals surface area contributed by atoms with Crippen LogP contribution in [0.3, 0.4) is 0 Å². The summed E-state index contributed by atoms with van der Waals surface area (Å²) in [5, 5.41) is 4.56. The van der Waals surface area contributed by atoms with Gasteiger partial charge in [0.1, 0.15) is 0 Å². The first-order valence-corrected chi connectivity index (χ1v) is 7.74. The molecule has 0 bridgehead atoms. The summed E-state index contributed by atoms with van der Waals surface area (Å²) in [6.07, 6.45) is 1.33. The van der Waals surface area contributed by atoms with Crippen molar-refractivity contribution in [2.24, 2.45) is 5.92 Å². The zero-order valence-corrected chi connectivity index (χ0v) is 11.5. The van der Waals surface area contributed by atoms with Crippen molar-refractivity contribution in [2.75, 3.05) is 12.3 Å². The quantitative estimate of drug-likeness (QED) is 0.752. The third-order valence-electron chi connectivity index (χ3n) is 4.10. The Morgan fingerprint density at radius 3 is 2.76 bits per heavy atom. The molecule has 1 aromatic carbocycles. The van der Waals surface area contributed by atoms with E-state index >= 15 is 0 Å². The number of hydrogen-bond donors (Lipinski definition) is 1. The summed E-state index contributed by atoms with van der Waals surface area (Å²) >= 11 is 2.18. The summed E-state index contributed by atoms with van der Waals surface area (Å²) in [4.78, 5) is 0. The number of fused-ring (bicyclic) bond motifs is 3. The average molecular weight is 247 g/mol. The first-order chi connectivity index (χ1) is 8.25. The molecule has 1 nitrogen and oxygen atoms in total. The van der Waals surface area contributed by atoms with Crippen molar-refractivity contribution < 1.29 is 0 Å². The standard InChI is InChI=1S/C15H21NS/c1-10-8-16-15-13-6-4-3-5-12(13)11(2)7-14(15)17-9-10/h3-6,10-11,14-16H,7-9H2,1-2H3. The van der Waals surface area contributed by atoms with Crippen LogP contribution in [0.1, 0.15) is 43.4 Å². The van der Waals surface area contributed by atoms with Crippen LogP contribution in [0.15, 0.2) is 24.3 Å². The molecule has 4 unspecified atom stereocenters. The van der Waals surface area contributed by atoms with Gasteiger partial charge in [-0.2, -0.15) is 11.8 Å². The molecule has 4 atom stereocenters. The second kappa shape index (κ2) is 4.66. The van der Waals surface area contributed by atoms with Gasteiger partial charge in [0.25, 0.3) is 0 Å². The molecule has 2 aliphatic rings. The van der Waals surface area contributed by atoms with Gasteiger partial charge in [-0.3, -0.25) is 0 Å². The second-order valence-electron chi connectivity index (χ2n) is 5.63. The molecule has 0 spiro atoms. The summed E-state index contributed by atoms with van der Waals surface area (Å²) in [6, 6.07) is 9.59. The van der Waals surface area contributed by atoms with Gasteiger partial charge in [0.05, 0.1) is 0 Å². The molecule has 0 radical (unpaired) electrons. The fraction of sp³-hybridized carbons (Fsp3) is 0.600. The molecular formula is C15H21NS. The van der Waals surface area contributed by atoms with Gasteiger partial charge in [-0.1, -0.05) is 38.1 Å². The lowest BCUT2D eigenvalue weighted by Crippen LogP contribution is -2.34. The molecule has 2 heteroatoms. The van der Waals surface area contributed by atoms with Gasteiger partial charge in [0.15, 0.2) is 0 Å². The zero-order chi connectivity index (χ0) is 11.8. The Bertz CT molecular complexity index is 404. The molecule has 17 heavy (non-hydrogen) atoms. The number of benzene rings is 1. The minimum Gasteiger partial charge on any atom is -0.309 e.